The van der Waals surface area contributed by atoms with Crippen LogP contribution in [-0.2, 0) is 5.41 Å². The summed E-state index contributed by atoms with van der Waals surface area (Å²) in [6.07, 6.45) is 7.35. The normalized spacial score (nSPS) is 24.6. The van der Waals surface area contributed by atoms with Crippen LogP contribution in [0.5, 0.6) is 0 Å². The average Bonchev–Trinajstić information content (AvgIpc) is 3.10. The summed E-state index contributed by atoms with van der Waals surface area (Å²) >= 11 is 0. The van der Waals surface area contributed by atoms with Gasteiger partial charge in [-0.3, -0.25) is 0 Å². The Morgan fingerprint density at radius 2 is 1.85 bits per heavy atom. The van der Waals surface area contributed by atoms with Crippen LogP contribution >= 0.6 is 0 Å². The van der Waals surface area contributed by atoms with Crippen LogP contribution in [0.3, 0.4) is 0 Å². The van der Waals surface area contributed by atoms with E-state index in [0.717, 1.165) is 23.1 Å². The molecule has 1 N–H and O–H groups in total. The second-order valence-corrected chi connectivity index (χ2v) is 8.43. The lowest BCUT2D eigenvalue weighted by Crippen LogP contribution is -3.09. The highest BCUT2D eigenvalue weighted by Crippen LogP contribution is 2.28. The topological polar surface area (TPSA) is 44.8 Å². The molecule has 0 radical (unpaired) electrons. The number of piperidine rings is 1. The summed E-state index contributed by atoms with van der Waals surface area (Å²) in [5.74, 6) is 1.94. The highest BCUT2D eigenvalue weighted by Gasteiger charge is 2.38. The highest BCUT2D eigenvalue weighted by atomic mass is 35.5. The molecule has 1 aromatic rings. The molecule has 2 atom stereocenters. The Labute approximate surface area is 168 Å². The van der Waals surface area contributed by atoms with Crippen molar-refractivity contribution in [1.82, 2.24) is 4.90 Å². The third-order valence-electron chi connectivity index (χ3n) is 5.53. The zero-order valence-electron chi connectivity index (χ0n) is 16.5. The summed E-state index contributed by atoms with van der Waals surface area (Å²) in [7, 11) is 0. The van der Waals surface area contributed by atoms with E-state index < -0.39 is 0 Å². The van der Waals surface area contributed by atoms with Crippen molar-refractivity contribution in [3.05, 3.63) is 41.2 Å². The molecule has 3 heterocycles. The van der Waals surface area contributed by atoms with Crippen molar-refractivity contribution in [1.29, 1.82) is 0 Å². The molecule has 1 aromatic carbocycles. The van der Waals surface area contributed by atoms with Gasteiger partial charge in [-0.2, -0.15) is 9.98 Å². The number of benzene rings is 1. The minimum atomic E-state index is 0. The van der Waals surface area contributed by atoms with Crippen molar-refractivity contribution in [2.75, 3.05) is 6.54 Å². The van der Waals surface area contributed by atoms with Gasteiger partial charge in [0.1, 0.15) is 0 Å². The second kappa shape index (κ2) is 7.56. The van der Waals surface area contributed by atoms with E-state index >= 15 is 0 Å². The Hall–Kier alpha value is -1.98. The van der Waals surface area contributed by atoms with Gasteiger partial charge >= 0.3 is 5.96 Å². The van der Waals surface area contributed by atoms with Gasteiger partial charge in [-0.25, -0.2) is 0 Å². The SMILES string of the molecule is CC1CCCCN1C1=C(c2ccc(C(C)(C)C)cc2)C=NC2=NC=N[NH+]21.[Cl-]. The maximum Gasteiger partial charge on any atom is 0.362 e. The zero-order chi connectivity index (χ0) is 18.3. The summed E-state index contributed by atoms with van der Waals surface area (Å²) in [5, 5.41) is 5.48. The van der Waals surface area contributed by atoms with Crippen LogP contribution in [0.15, 0.2) is 45.2 Å². The van der Waals surface area contributed by atoms with Crippen molar-refractivity contribution in [3.63, 3.8) is 0 Å². The summed E-state index contributed by atoms with van der Waals surface area (Å²) in [4.78, 5) is 11.4. The van der Waals surface area contributed by atoms with E-state index in [1.54, 1.807) is 6.34 Å². The highest BCUT2D eigenvalue weighted by molar-refractivity contribution is 6.15. The van der Waals surface area contributed by atoms with Gasteiger partial charge in [0.05, 0.1) is 11.8 Å². The van der Waals surface area contributed by atoms with Crippen LogP contribution in [-0.4, -0.2) is 36.0 Å². The molecule has 2 unspecified atom stereocenters. The molecular formula is C21H28ClN5. The number of nitrogens with one attached hydrogen (secondary N) is 1. The Kier molecular flexibility index (Phi) is 5.54. The molecule has 4 rings (SSSR count). The van der Waals surface area contributed by atoms with E-state index in [-0.39, 0.29) is 17.8 Å². The predicted octanol–water partition coefficient (Wildman–Crippen LogP) is -0.187. The van der Waals surface area contributed by atoms with Gasteiger partial charge in [0.2, 0.25) is 5.82 Å². The van der Waals surface area contributed by atoms with Crippen molar-refractivity contribution in [2.24, 2.45) is 15.1 Å². The molecule has 1 saturated heterocycles. The van der Waals surface area contributed by atoms with E-state index in [1.807, 2.05) is 6.21 Å². The van der Waals surface area contributed by atoms with Crippen molar-refractivity contribution in [3.8, 4) is 0 Å². The summed E-state index contributed by atoms with van der Waals surface area (Å²) in [6, 6.07) is 9.42. The van der Waals surface area contributed by atoms with Crippen molar-refractivity contribution < 1.29 is 17.4 Å². The number of allylic oxidation sites excluding steroid dienone is 1. The number of likely N-dealkylation sites (tertiary alicyclic amines) is 1. The van der Waals surface area contributed by atoms with Gasteiger partial charge in [0.15, 0.2) is 6.34 Å². The van der Waals surface area contributed by atoms with Gasteiger partial charge in [-0.05, 0) is 42.7 Å². The number of hydrogen-bond acceptors (Lipinski definition) is 4. The van der Waals surface area contributed by atoms with Gasteiger partial charge in [-0.1, -0.05) is 55.1 Å². The quantitative estimate of drug-likeness (QED) is 0.753. The fourth-order valence-corrected chi connectivity index (χ4v) is 3.92. The Morgan fingerprint density at radius 3 is 2.52 bits per heavy atom. The third kappa shape index (κ3) is 3.71. The number of hydrogen-bond donors (Lipinski definition) is 1. The van der Waals surface area contributed by atoms with Crippen LogP contribution in [0.2, 0.25) is 0 Å². The average molecular weight is 386 g/mol. The Bertz CT molecular complexity index is 814. The maximum absolute atomic E-state index is 4.57. The predicted molar refractivity (Wildman–Crippen MR) is 107 cm³/mol. The lowest BCUT2D eigenvalue weighted by atomic mass is 9.86. The van der Waals surface area contributed by atoms with E-state index in [2.05, 4.69) is 71.9 Å². The van der Waals surface area contributed by atoms with Crippen molar-refractivity contribution in [2.45, 2.75) is 58.4 Å². The molecule has 0 aromatic heterocycles. The molecule has 0 bridgehead atoms. The molecule has 0 amide bonds. The van der Waals surface area contributed by atoms with Crippen LogP contribution in [0.25, 0.3) is 5.57 Å². The minimum Gasteiger partial charge on any atom is -1.00 e. The summed E-state index contributed by atoms with van der Waals surface area (Å²) < 4.78 is 0. The first-order chi connectivity index (χ1) is 12.4. The summed E-state index contributed by atoms with van der Waals surface area (Å²) in [6.45, 7) is 10.1. The van der Waals surface area contributed by atoms with E-state index in [1.165, 1.54) is 36.2 Å². The lowest BCUT2D eigenvalue weighted by molar-refractivity contribution is -0.779. The van der Waals surface area contributed by atoms with Gasteiger partial charge in [0, 0.05) is 12.6 Å². The van der Waals surface area contributed by atoms with Gasteiger partial charge in [-0.15, -0.1) is 0 Å². The molecule has 27 heavy (non-hydrogen) atoms. The first-order valence-corrected chi connectivity index (χ1v) is 9.59. The molecule has 1 fully saturated rings. The molecule has 3 aliphatic heterocycles. The smallest absolute Gasteiger partial charge is 0.362 e. The fourth-order valence-electron chi connectivity index (χ4n) is 3.92. The standard InChI is InChI=1S/C21H27N5.ClH/c1-15-7-5-6-12-25(15)19-18(13-22-20-23-14-24-26(19)20)16-8-10-17(11-9-16)21(2,3)4;/h8-11,13-15H,5-7,12H2,1-4H3;1H. The molecule has 3 aliphatic rings. The van der Waals surface area contributed by atoms with Crippen molar-refractivity contribution >= 4 is 24.1 Å². The van der Waals surface area contributed by atoms with Gasteiger partial charge in [0.25, 0.3) is 0 Å². The number of aliphatic imine (C=N–C) groups is 2. The Morgan fingerprint density at radius 1 is 1.11 bits per heavy atom. The van der Waals surface area contributed by atoms with E-state index in [4.69, 9.17) is 0 Å². The first kappa shape index (κ1) is 19.8. The molecule has 0 spiro atoms. The van der Waals surface area contributed by atoms with Crippen LogP contribution < -0.4 is 17.4 Å². The van der Waals surface area contributed by atoms with Crippen LogP contribution in [0.4, 0.5) is 0 Å². The molecule has 0 saturated carbocycles. The van der Waals surface area contributed by atoms with E-state index in [9.17, 15) is 0 Å². The number of quaternary nitrogens is 1. The first-order valence-electron chi connectivity index (χ1n) is 9.59. The number of halogens is 1. The lowest BCUT2D eigenvalue weighted by Gasteiger charge is -2.37. The van der Waals surface area contributed by atoms with E-state index in [0.29, 0.717) is 6.04 Å². The second-order valence-electron chi connectivity index (χ2n) is 8.43. The molecule has 5 nitrogen and oxygen atoms in total. The van der Waals surface area contributed by atoms with Gasteiger partial charge < -0.3 is 17.3 Å². The molecule has 6 heteroatoms. The number of fused-ring (bicyclic) bond motifs is 1. The fraction of sp³-hybridized carbons (Fsp3) is 0.476. The maximum atomic E-state index is 4.57. The Balaban J connectivity index is 0.00000210. The molecular weight excluding hydrogens is 358 g/mol. The van der Waals surface area contributed by atoms with Crippen LogP contribution in [0.1, 0.15) is 58.1 Å². The van der Waals surface area contributed by atoms with Crippen LogP contribution in [0, 0.1) is 0 Å². The summed E-state index contributed by atoms with van der Waals surface area (Å²) in [5.41, 5.74) is 3.86. The molecule has 144 valence electrons. The number of guanidine groups is 1. The zero-order valence-corrected chi connectivity index (χ0v) is 17.3. The third-order valence-corrected chi connectivity index (χ3v) is 5.53. The monoisotopic (exact) mass is 385 g/mol. The molecule has 0 aliphatic carbocycles. The number of nitrogens with zero attached hydrogens (tertiary/aromatic N) is 4. The minimum absolute atomic E-state index is 0. The number of rotatable bonds is 2. The largest absolute Gasteiger partial charge is 1.00 e.